The second-order valence-electron chi connectivity index (χ2n) is 3.13. The summed E-state index contributed by atoms with van der Waals surface area (Å²) in [5, 5.41) is 3.20. The summed E-state index contributed by atoms with van der Waals surface area (Å²) >= 11 is 0. The summed E-state index contributed by atoms with van der Waals surface area (Å²) in [6.07, 6.45) is 2.93. The first kappa shape index (κ1) is 8.02. The number of rotatable bonds is 2. The molecule has 0 aromatic carbocycles. The van der Waals surface area contributed by atoms with Gasteiger partial charge in [-0.2, -0.15) is 0 Å². The summed E-state index contributed by atoms with van der Waals surface area (Å²) in [4.78, 5) is 0. The second-order valence-corrected chi connectivity index (χ2v) is 3.13. The van der Waals surface area contributed by atoms with Crippen LogP contribution in [0.25, 0.3) is 0 Å². The van der Waals surface area contributed by atoms with E-state index in [4.69, 9.17) is 4.74 Å². The van der Waals surface area contributed by atoms with Gasteiger partial charge < -0.3 is 10.1 Å². The first-order valence-electron chi connectivity index (χ1n) is 4.09. The second kappa shape index (κ2) is 3.94. The zero-order chi connectivity index (χ0) is 7.40. The first-order valence-corrected chi connectivity index (χ1v) is 4.09. The van der Waals surface area contributed by atoms with E-state index in [0.29, 0.717) is 6.10 Å². The van der Waals surface area contributed by atoms with Crippen molar-refractivity contribution >= 4 is 0 Å². The summed E-state index contributed by atoms with van der Waals surface area (Å²) in [7, 11) is 2.01. The number of hydrogen-bond acceptors (Lipinski definition) is 2. The highest BCUT2D eigenvalue weighted by atomic mass is 16.5. The van der Waals surface area contributed by atoms with Gasteiger partial charge >= 0.3 is 0 Å². The predicted molar refractivity (Wildman–Crippen MR) is 42.1 cm³/mol. The van der Waals surface area contributed by atoms with Crippen molar-refractivity contribution in [3.63, 3.8) is 0 Å². The normalized spacial score (nSPS) is 34.2. The summed E-state index contributed by atoms with van der Waals surface area (Å²) in [6, 6.07) is 0. The molecule has 1 saturated heterocycles. The van der Waals surface area contributed by atoms with Gasteiger partial charge in [0.05, 0.1) is 6.10 Å². The number of nitrogens with one attached hydrogen (secondary N) is 1. The fraction of sp³-hybridized carbons (Fsp3) is 1.00. The Hall–Kier alpha value is -0.0800. The third-order valence-corrected chi connectivity index (χ3v) is 2.09. The minimum absolute atomic E-state index is 0.479. The Balaban J connectivity index is 2.18. The minimum atomic E-state index is 0.479. The molecule has 1 rings (SSSR count). The van der Waals surface area contributed by atoms with Crippen LogP contribution < -0.4 is 5.32 Å². The van der Waals surface area contributed by atoms with Crippen LogP contribution in [0.4, 0.5) is 0 Å². The Morgan fingerprint density at radius 1 is 1.60 bits per heavy atom. The lowest BCUT2D eigenvalue weighted by atomic mass is 9.96. The van der Waals surface area contributed by atoms with E-state index in [0.717, 1.165) is 19.1 Å². The van der Waals surface area contributed by atoms with Gasteiger partial charge in [-0.05, 0) is 39.3 Å². The maximum Gasteiger partial charge on any atom is 0.0550 e. The molecule has 0 radical (unpaired) electrons. The van der Waals surface area contributed by atoms with E-state index >= 15 is 0 Å². The molecule has 1 N–H and O–H groups in total. The monoisotopic (exact) mass is 143 g/mol. The number of hydrogen-bond donors (Lipinski definition) is 1. The van der Waals surface area contributed by atoms with E-state index in [1.165, 1.54) is 12.8 Å². The predicted octanol–water partition coefficient (Wildman–Crippen LogP) is 1.02. The van der Waals surface area contributed by atoms with Gasteiger partial charge in [-0.1, -0.05) is 0 Å². The third kappa shape index (κ3) is 2.27. The molecular formula is C8H17NO. The lowest BCUT2D eigenvalue weighted by Gasteiger charge is -2.26. The molecule has 1 aliphatic heterocycles. The summed E-state index contributed by atoms with van der Waals surface area (Å²) in [5.74, 6) is 0.841. The van der Waals surface area contributed by atoms with Crippen molar-refractivity contribution in [2.24, 2.45) is 5.92 Å². The van der Waals surface area contributed by atoms with Gasteiger partial charge in [0.1, 0.15) is 0 Å². The largest absolute Gasteiger partial charge is 0.378 e. The zero-order valence-electron chi connectivity index (χ0n) is 6.89. The molecule has 0 saturated carbocycles. The first-order chi connectivity index (χ1) is 4.83. The van der Waals surface area contributed by atoms with Crippen LogP contribution in [0.1, 0.15) is 19.8 Å². The average Bonchev–Trinajstić information content (AvgIpc) is 1.88. The maximum atomic E-state index is 5.43. The minimum Gasteiger partial charge on any atom is -0.378 e. The molecule has 1 fully saturated rings. The van der Waals surface area contributed by atoms with Gasteiger partial charge in [0.25, 0.3) is 0 Å². The summed E-state index contributed by atoms with van der Waals surface area (Å²) in [6.45, 7) is 4.25. The molecule has 1 heterocycles. The highest BCUT2D eigenvalue weighted by Crippen LogP contribution is 2.18. The van der Waals surface area contributed by atoms with Crippen LogP contribution >= 0.6 is 0 Å². The molecule has 1 aliphatic rings. The van der Waals surface area contributed by atoms with Gasteiger partial charge in [0.15, 0.2) is 0 Å². The standard InChI is InChI=1S/C8H17NO/c1-7-5-8(6-9-2)3-4-10-7/h7-9H,3-6H2,1-2H3/t7-,8?/m1/s1. The SMILES string of the molecule is CNCC1CCO[C@H](C)C1. The Morgan fingerprint density at radius 3 is 3.00 bits per heavy atom. The van der Waals surface area contributed by atoms with Crippen LogP contribution in [0.3, 0.4) is 0 Å². The van der Waals surface area contributed by atoms with Crippen molar-refractivity contribution in [3.8, 4) is 0 Å². The summed E-state index contributed by atoms with van der Waals surface area (Å²) in [5.41, 5.74) is 0. The van der Waals surface area contributed by atoms with Crippen LogP contribution in [0.5, 0.6) is 0 Å². The van der Waals surface area contributed by atoms with Crippen LogP contribution in [0.15, 0.2) is 0 Å². The Bertz CT molecular complexity index is 93.3. The molecule has 0 amide bonds. The van der Waals surface area contributed by atoms with Crippen LogP contribution in [0, 0.1) is 5.92 Å². The van der Waals surface area contributed by atoms with Gasteiger partial charge in [0, 0.05) is 6.61 Å². The van der Waals surface area contributed by atoms with Crippen molar-refractivity contribution in [3.05, 3.63) is 0 Å². The van der Waals surface area contributed by atoms with E-state index in [-0.39, 0.29) is 0 Å². The molecule has 2 atom stereocenters. The Labute approximate surface area is 63.0 Å². The van der Waals surface area contributed by atoms with Gasteiger partial charge in [-0.25, -0.2) is 0 Å². The van der Waals surface area contributed by atoms with Crippen LogP contribution in [0.2, 0.25) is 0 Å². The molecule has 10 heavy (non-hydrogen) atoms. The van der Waals surface area contributed by atoms with Crippen molar-refractivity contribution in [2.45, 2.75) is 25.9 Å². The summed E-state index contributed by atoms with van der Waals surface area (Å²) < 4.78 is 5.43. The van der Waals surface area contributed by atoms with Crippen molar-refractivity contribution in [1.82, 2.24) is 5.32 Å². The van der Waals surface area contributed by atoms with Crippen LogP contribution in [-0.2, 0) is 4.74 Å². The van der Waals surface area contributed by atoms with Crippen molar-refractivity contribution in [1.29, 1.82) is 0 Å². The molecule has 2 nitrogen and oxygen atoms in total. The molecule has 60 valence electrons. The fourth-order valence-electron chi connectivity index (χ4n) is 1.57. The van der Waals surface area contributed by atoms with E-state index in [2.05, 4.69) is 12.2 Å². The molecule has 0 bridgehead atoms. The van der Waals surface area contributed by atoms with Gasteiger partial charge in [-0.15, -0.1) is 0 Å². The molecule has 0 aromatic heterocycles. The van der Waals surface area contributed by atoms with Crippen molar-refractivity contribution in [2.75, 3.05) is 20.2 Å². The maximum absolute atomic E-state index is 5.43. The van der Waals surface area contributed by atoms with Gasteiger partial charge in [0.2, 0.25) is 0 Å². The lowest BCUT2D eigenvalue weighted by Crippen LogP contribution is -2.29. The fourth-order valence-corrected chi connectivity index (χ4v) is 1.57. The number of ether oxygens (including phenoxy) is 1. The lowest BCUT2D eigenvalue weighted by molar-refractivity contribution is 0.00333. The molecular weight excluding hydrogens is 126 g/mol. The van der Waals surface area contributed by atoms with Crippen molar-refractivity contribution < 1.29 is 4.74 Å². The highest BCUT2D eigenvalue weighted by molar-refractivity contribution is 4.69. The molecule has 0 aliphatic carbocycles. The van der Waals surface area contributed by atoms with E-state index in [1.54, 1.807) is 0 Å². The smallest absolute Gasteiger partial charge is 0.0550 e. The molecule has 1 unspecified atom stereocenters. The third-order valence-electron chi connectivity index (χ3n) is 2.09. The molecule has 2 heteroatoms. The Morgan fingerprint density at radius 2 is 2.40 bits per heavy atom. The van der Waals surface area contributed by atoms with E-state index < -0.39 is 0 Å². The zero-order valence-corrected chi connectivity index (χ0v) is 6.89. The molecule has 0 aromatic rings. The van der Waals surface area contributed by atoms with E-state index in [9.17, 15) is 0 Å². The highest BCUT2D eigenvalue weighted by Gasteiger charge is 2.17. The molecule has 0 spiro atoms. The van der Waals surface area contributed by atoms with Gasteiger partial charge in [-0.3, -0.25) is 0 Å². The van der Waals surface area contributed by atoms with Crippen LogP contribution in [-0.4, -0.2) is 26.3 Å². The Kier molecular flexibility index (Phi) is 3.16. The topological polar surface area (TPSA) is 21.3 Å². The quantitative estimate of drug-likeness (QED) is 0.623. The van der Waals surface area contributed by atoms with E-state index in [1.807, 2.05) is 7.05 Å². The average molecular weight is 143 g/mol.